The van der Waals surface area contributed by atoms with E-state index < -0.39 is 5.25 Å². The number of amides is 1. The molecule has 0 bridgehead atoms. The maximum absolute atomic E-state index is 12.6. The summed E-state index contributed by atoms with van der Waals surface area (Å²) in [6.07, 6.45) is 0. The van der Waals surface area contributed by atoms with Crippen LogP contribution in [-0.4, -0.2) is 21.3 Å². The molecule has 0 aliphatic heterocycles. The normalized spacial score (nSPS) is 12.0. The van der Waals surface area contributed by atoms with E-state index in [1.54, 1.807) is 13.0 Å². The van der Waals surface area contributed by atoms with Crippen LogP contribution in [0.4, 0.5) is 10.9 Å². The molecule has 1 aromatic carbocycles. The monoisotopic (exact) mass is 347 g/mol. The highest BCUT2D eigenvalue weighted by Gasteiger charge is 2.24. The van der Waals surface area contributed by atoms with Gasteiger partial charge in [-0.3, -0.25) is 4.79 Å². The Morgan fingerprint density at radius 3 is 2.74 bits per heavy atom. The number of hydrogen-bond acceptors (Lipinski definition) is 8. The van der Waals surface area contributed by atoms with Gasteiger partial charge in [-0.15, -0.1) is 10.2 Å². The summed E-state index contributed by atoms with van der Waals surface area (Å²) in [5.41, 5.74) is 6.45. The Morgan fingerprint density at radius 2 is 2.13 bits per heavy atom. The minimum atomic E-state index is -0.499. The van der Waals surface area contributed by atoms with Crippen LogP contribution in [0, 0.1) is 6.92 Å². The molecule has 118 valence electrons. The fourth-order valence-electron chi connectivity index (χ4n) is 1.89. The molecule has 9 heteroatoms. The number of benzene rings is 1. The topological polar surface area (TPSA) is 107 Å². The molecular formula is C14H13N5O2S2. The van der Waals surface area contributed by atoms with E-state index in [9.17, 15) is 4.79 Å². The summed E-state index contributed by atoms with van der Waals surface area (Å²) >= 11 is 2.53. The van der Waals surface area contributed by atoms with E-state index in [-0.39, 0.29) is 5.91 Å². The highest BCUT2D eigenvalue weighted by Crippen LogP contribution is 2.38. The second-order valence-electron chi connectivity index (χ2n) is 4.63. The Balaban J connectivity index is 1.83. The van der Waals surface area contributed by atoms with Gasteiger partial charge in [0.25, 0.3) is 0 Å². The van der Waals surface area contributed by atoms with Crippen molar-refractivity contribution in [2.45, 2.75) is 16.5 Å². The van der Waals surface area contributed by atoms with Gasteiger partial charge < -0.3 is 15.6 Å². The molecule has 3 N–H and O–H groups in total. The number of aryl methyl sites for hydroxylation is 1. The maximum Gasteiger partial charge on any atom is 0.243 e. The van der Waals surface area contributed by atoms with Crippen molar-refractivity contribution >= 4 is 40.0 Å². The van der Waals surface area contributed by atoms with Crippen LogP contribution in [0.2, 0.25) is 0 Å². The van der Waals surface area contributed by atoms with Crippen molar-refractivity contribution in [3.63, 3.8) is 0 Å². The number of nitrogens with two attached hydrogens (primary N) is 1. The third-order valence-corrected chi connectivity index (χ3v) is 4.95. The van der Waals surface area contributed by atoms with Crippen LogP contribution in [0.5, 0.6) is 0 Å². The number of nitrogens with one attached hydrogen (secondary N) is 1. The lowest BCUT2D eigenvalue weighted by atomic mass is 10.1. The molecule has 1 amide bonds. The summed E-state index contributed by atoms with van der Waals surface area (Å²) in [6.45, 7) is 1.76. The number of nitrogens with zero attached hydrogens (tertiary/aromatic N) is 3. The van der Waals surface area contributed by atoms with E-state index in [0.717, 1.165) is 5.56 Å². The zero-order valence-corrected chi connectivity index (χ0v) is 13.7. The van der Waals surface area contributed by atoms with Gasteiger partial charge in [0.1, 0.15) is 11.0 Å². The number of aromatic nitrogens is 3. The van der Waals surface area contributed by atoms with Gasteiger partial charge in [0.15, 0.2) is 10.2 Å². The predicted octanol–water partition coefficient (Wildman–Crippen LogP) is 2.89. The first-order valence-electron chi connectivity index (χ1n) is 6.66. The zero-order valence-electron chi connectivity index (χ0n) is 12.1. The number of carbonyl (C=O) groups is 1. The first-order chi connectivity index (χ1) is 11.1. The number of thioether (sulfide) groups is 1. The van der Waals surface area contributed by atoms with Gasteiger partial charge in [0.2, 0.25) is 11.0 Å². The van der Waals surface area contributed by atoms with E-state index in [1.807, 2.05) is 30.3 Å². The van der Waals surface area contributed by atoms with E-state index >= 15 is 0 Å². The van der Waals surface area contributed by atoms with Gasteiger partial charge in [-0.25, -0.2) is 0 Å². The summed E-state index contributed by atoms with van der Waals surface area (Å²) in [5.74, 6) is 0.787. The Bertz CT molecular complexity index is 802. The maximum atomic E-state index is 12.6. The molecule has 0 aliphatic carbocycles. The summed E-state index contributed by atoms with van der Waals surface area (Å²) in [4.78, 5) is 12.6. The van der Waals surface area contributed by atoms with Gasteiger partial charge in [-0.1, -0.05) is 58.6 Å². The SMILES string of the molecule is Cc1cc(NC(=O)[C@H](Sc2nnc(N)s2)c2ccccc2)no1. The van der Waals surface area contributed by atoms with Crippen LogP contribution < -0.4 is 11.1 Å². The van der Waals surface area contributed by atoms with Crippen molar-refractivity contribution < 1.29 is 9.32 Å². The van der Waals surface area contributed by atoms with Crippen LogP contribution in [0.3, 0.4) is 0 Å². The smallest absolute Gasteiger partial charge is 0.243 e. The number of rotatable bonds is 5. The molecule has 0 aliphatic rings. The number of carbonyl (C=O) groups excluding carboxylic acids is 1. The standard InChI is InChI=1S/C14H13N5O2S2/c1-8-7-10(19-21-8)16-12(20)11(9-5-3-2-4-6-9)22-14-18-17-13(15)23-14/h2-7,11H,1H3,(H2,15,17)(H,16,19,20)/t11-/m1/s1. The Morgan fingerprint density at radius 1 is 1.35 bits per heavy atom. The van der Waals surface area contributed by atoms with Gasteiger partial charge in [0, 0.05) is 6.07 Å². The molecule has 0 radical (unpaired) electrons. The van der Waals surface area contributed by atoms with Crippen LogP contribution in [-0.2, 0) is 4.79 Å². The summed E-state index contributed by atoms with van der Waals surface area (Å²) < 4.78 is 5.59. The minimum Gasteiger partial charge on any atom is -0.374 e. The molecule has 2 aromatic heterocycles. The number of hydrogen-bond donors (Lipinski definition) is 2. The molecule has 3 rings (SSSR count). The average Bonchev–Trinajstić information content (AvgIpc) is 3.14. The van der Waals surface area contributed by atoms with Gasteiger partial charge >= 0.3 is 0 Å². The largest absolute Gasteiger partial charge is 0.374 e. The molecule has 3 aromatic rings. The molecule has 1 atom stereocenters. The molecule has 0 saturated heterocycles. The van der Waals surface area contributed by atoms with E-state index in [4.69, 9.17) is 10.3 Å². The lowest BCUT2D eigenvalue weighted by Gasteiger charge is -2.14. The first-order valence-corrected chi connectivity index (χ1v) is 8.36. The van der Waals surface area contributed by atoms with Crippen molar-refractivity contribution in [1.29, 1.82) is 0 Å². The fraction of sp³-hybridized carbons (Fsp3) is 0.143. The van der Waals surface area contributed by atoms with Gasteiger partial charge in [-0.2, -0.15) is 0 Å². The number of nitrogen functional groups attached to an aromatic ring is 1. The van der Waals surface area contributed by atoms with Crippen molar-refractivity contribution in [3.8, 4) is 0 Å². The van der Waals surface area contributed by atoms with Crippen LogP contribution in [0.15, 0.2) is 45.3 Å². The molecule has 0 saturated carbocycles. The van der Waals surface area contributed by atoms with E-state index in [1.165, 1.54) is 23.1 Å². The number of anilines is 2. The van der Waals surface area contributed by atoms with Gasteiger partial charge in [0.05, 0.1) is 0 Å². The molecule has 0 unspecified atom stereocenters. The molecule has 0 fully saturated rings. The molecule has 0 spiro atoms. The predicted molar refractivity (Wildman–Crippen MR) is 89.2 cm³/mol. The highest BCUT2D eigenvalue weighted by atomic mass is 32.2. The van der Waals surface area contributed by atoms with Crippen molar-refractivity contribution in [2.75, 3.05) is 11.1 Å². The minimum absolute atomic E-state index is 0.219. The van der Waals surface area contributed by atoms with Gasteiger partial charge in [-0.05, 0) is 12.5 Å². The van der Waals surface area contributed by atoms with Crippen LogP contribution in [0.1, 0.15) is 16.6 Å². The molecular weight excluding hydrogens is 334 g/mol. The molecule has 23 heavy (non-hydrogen) atoms. The van der Waals surface area contributed by atoms with E-state index in [0.29, 0.717) is 21.0 Å². The summed E-state index contributed by atoms with van der Waals surface area (Å²) in [6, 6.07) is 11.1. The second-order valence-corrected chi connectivity index (χ2v) is 6.99. The lowest BCUT2D eigenvalue weighted by molar-refractivity contribution is -0.115. The third-order valence-electron chi connectivity index (χ3n) is 2.86. The van der Waals surface area contributed by atoms with E-state index in [2.05, 4.69) is 20.7 Å². The average molecular weight is 347 g/mol. The molecule has 7 nitrogen and oxygen atoms in total. The Labute approximate surface area is 140 Å². The highest BCUT2D eigenvalue weighted by molar-refractivity contribution is 8.02. The fourth-order valence-corrected chi connectivity index (χ4v) is 3.71. The lowest BCUT2D eigenvalue weighted by Crippen LogP contribution is -2.19. The van der Waals surface area contributed by atoms with Crippen molar-refractivity contribution in [1.82, 2.24) is 15.4 Å². The van der Waals surface area contributed by atoms with Crippen molar-refractivity contribution in [3.05, 3.63) is 47.7 Å². The summed E-state index contributed by atoms with van der Waals surface area (Å²) in [5, 5.41) is 14.1. The first kappa shape index (κ1) is 15.5. The second kappa shape index (κ2) is 6.80. The zero-order chi connectivity index (χ0) is 16.2. The van der Waals surface area contributed by atoms with Crippen LogP contribution in [0.25, 0.3) is 0 Å². The van der Waals surface area contributed by atoms with Crippen LogP contribution >= 0.6 is 23.1 Å². The summed E-state index contributed by atoms with van der Waals surface area (Å²) in [7, 11) is 0. The quantitative estimate of drug-likeness (QED) is 0.683. The third kappa shape index (κ3) is 3.88. The Kier molecular flexibility index (Phi) is 4.58. The van der Waals surface area contributed by atoms with Crippen molar-refractivity contribution in [2.24, 2.45) is 0 Å². The Hall–Kier alpha value is -2.39. The molecule has 2 heterocycles.